The number of hydrogen-bond acceptors (Lipinski definition) is 3. The van der Waals surface area contributed by atoms with Gasteiger partial charge in [-0.1, -0.05) is 0 Å². The van der Waals surface area contributed by atoms with Crippen molar-refractivity contribution in [3.63, 3.8) is 0 Å². The molecular weight excluding hydrogens is 243 g/mol. The van der Waals surface area contributed by atoms with Crippen molar-refractivity contribution in [3.05, 3.63) is 0 Å². The van der Waals surface area contributed by atoms with E-state index in [4.69, 9.17) is 4.43 Å². The van der Waals surface area contributed by atoms with Gasteiger partial charge in [-0.25, -0.2) is 0 Å². The first-order valence-corrected chi connectivity index (χ1v) is 7.95. The minimum absolute atomic E-state index is 0.850. The molecule has 1 amide bonds. The zero-order valence-corrected chi connectivity index (χ0v) is 10.4. The molecule has 0 heterocycles. The van der Waals surface area contributed by atoms with Crippen LogP contribution in [0.2, 0.25) is 19.6 Å². The molecule has 0 rings (SSSR count). The molecule has 16 heavy (non-hydrogen) atoms. The van der Waals surface area contributed by atoms with Crippen molar-refractivity contribution < 1.29 is 27.2 Å². The highest BCUT2D eigenvalue weighted by Gasteiger charge is 2.40. The van der Waals surface area contributed by atoms with Gasteiger partial charge in [-0.2, -0.15) is 13.2 Å². The van der Waals surface area contributed by atoms with Crippen molar-refractivity contribution in [2.75, 3.05) is 0 Å². The third-order valence-electron chi connectivity index (χ3n) is 1.37. The van der Waals surface area contributed by atoms with Crippen LogP contribution in [-0.4, -0.2) is 32.4 Å². The lowest BCUT2D eigenvalue weighted by Crippen LogP contribution is -2.47. The third kappa shape index (κ3) is 5.74. The maximum Gasteiger partial charge on any atom is 0.471 e. The van der Waals surface area contributed by atoms with Gasteiger partial charge in [-0.3, -0.25) is 9.59 Å². The summed E-state index contributed by atoms with van der Waals surface area (Å²) >= 11 is 0. The Morgan fingerprint density at radius 1 is 1.25 bits per heavy atom. The van der Waals surface area contributed by atoms with Crippen molar-refractivity contribution in [1.82, 2.24) is 5.32 Å². The van der Waals surface area contributed by atoms with Crippen LogP contribution in [0.3, 0.4) is 0 Å². The molecule has 0 aliphatic heterocycles. The highest BCUT2D eigenvalue weighted by molar-refractivity contribution is 6.71. The van der Waals surface area contributed by atoms with Gasteiger partial charge in [-0.05, 0) is 26.6 Å². The topological polar surface area (TPSA) is 55.4 Å². The molecule has 0 saturated carbocycles. The summed E-state index contributed by atoms with van der Waals surface area (Å²) in [6, 6.07) is -1.30. The predicted octanol–water partition coefficient (Wildman–Crippen LogP) is 1.43. The molecule has 0 aliphatic rings. The van der Waals surface area contributed by atoms with Gasteiger partial charge in [0.1, 0.15) is 6.04 Å². The Morgan fingerprint density at radius 3 is 2.00 bits per heavy atom. The summed E-state index contributed by atoms with van der Waals surface area (Å²) in [6.45, 7) is 6.28. The van der Waals surface area contributed by atoms with E-state index < -0.39 is 32.4 Å². The molecule has 0 aromatic carbocycles. The zero-order chi connectivity index (χ0) is 13.1. The normalized spacial score (nSPS) is 14.2. The molecule has 1 atom stereocenters. The van der Waals surface area contributed by atoms with E-state index in [0.29, 0.717) is 0 Å². The molecule has 8 heteroatoms. The largest absolute Gasteiger partial charge is 0.518 e. The molecule has 1 unspecified atom stereocenters. The maximum absolute atomic E-state index is 11.9. The zero-order valence-electron chi connectivity index (χ0n) is 9.44. The second-order valence-corrected chi connectivity index (χ2v) is 8.66. The van der Waals surface area contributed by atoms with Crippen LogP contribution in [0.1, 0.15) is 6.92 Å². The van der Waals surface area contributed by atoms with E-state index in [-0.39, 0.29) is 0 Å². The van der Waals surface area contributed by atoms with Gasteiger partial charge >= 0.3 is 18.1 Å². The molecule has 0 saturated heterocycles. The summed E-state index contributed by atoms with van der Waals surface area (Å²) in [7, 11) is -2.16. The minimum atomic E-state index is -4.99. The van der Waals surface area contributed by atoms with E-state index in [1.807, 2.05) is 0 Å². The number of amides is 1. The summed E-state index contributed by atoms with van der Waals surface area (Å²) in [5.41, 5.74) is 0. The van der Waals surface area contributed by atoms with E-state index in [2.05, 4.69) is 0 Å². The number of carbonyl (C=O) groups is 2. The minimum Gasteiger partial charge on any atom is -0.518 e. The van der Waals surface area contributed by atoms with Crippen LogP contribution < -0.4 is 5.32 Å². The lowest BCUT2D eigenvalue weighted by molar-refractivity contribution is -0.175. The van der Waals surface area contributed by atoms with Gasteiger partial charge in [-0.15, -0.1) is 0 Å². The second kappa shape index (κ2) is 4.85. The van der Waals surface area contributed by atoms with E-state index in [1.54, 1.807) is 19.6 Å². The fraction of sp³-hybridized carbons (Fsp3) is 0.750. The van der Waals surface area contributed by atoms with Crippen molar-refractivity contribution in [1.29, 1.82) is 0 Å². The van der Waals surface area contributed by atoms with Crippen LogP contribution in [0.4, 0.5) is 13.2 Å². The third-order valence-corrected chi connectivity index (χ3v) is 2.18. The maximum atomic E-state index is 11.9. The Kier molecular flexibility index (Phi) is 4.53. The first-order chi connectivity index (χ1) is 6.93. The standard InChI is InChI=1S/C8H14F3NO3Si/c1-5(6(13)15-16(2,3)4)12-7(14)8(9,10)11/h5H,1-4H3,(H,12,14). The van der Waals surface area contributed by atoms with Crippen molar-refractivity contribution in [3.8, 4) is 0 Å². The predicted molar refractivity (Wildman–Crippen MR) is 53.1 cm³/mol. The lowest BCUT2D eigenvalue weighted by Gasteiger charge is -2.21. The monoisotopic (exact) mass is 257 g/mol. The lowest BCUT2D eigenvalue weighted by atomic mass is 10.3. The molecule has 4 nitrogen and oxygen atoms in total. The number of rotatable bonds is 3. The first kappa shape index (κ1) is 14.9. The quantitative estimate of drug-likeness (QED) is 0.778. The molecule has 0 radical (unpaired) electrons. The van der Waals surface area contributed by atoms with Gasteiger partial charge in [0, 0.05) is 0 Å². The summed E-state index contributed by atoms with van der Waals surface area (Å²) in [4.78, 5) is 21.8. The molecule has 0 fully saturated rings. The summed E-state index contributed by atoms with van der Waals surface area (Å²) < 4.78 is 40.5. The van der Waals surface area contributed by atoms with Crippen molar-refractivity contribution in [2.24, 2.45) is 0 Å². The summed E-state index contributed by atoms with van der Waals surface area (Å²) in [5.74, 6) is -3.00. The van der Waals surface area contributed by atoms with Gasteiger partial charge in [0.2, 0.25) is 8.32 Å². The molecule has 0 bridgehead atoms. The van der Waals surface area contributed by atoms with Gasteiger partial charge in [0.05, 0.1) is 0 Å². The summed E-state index contributed by atoms with van der Waals surface area (Å²) in [6.07, 6.45) is -4.99. The summed E-state index contributed by atoms with van der Waals surface area (Å²) in [5, 5.41) is 1.53. The van der Waals surface area contributed by atoms with Crippen LogP contribution in [0, 0.1) is 0 Å². The Bertz CT molecular complexity index is 285. The highest BCUT2D eigenvalue weighted by atomic mass is 28.4. The van der Waals surface area contributed by atoms with Gasteiger partial charge in [0.15, 0.2) is 0 Å². The number of alkyl halides is 3. The highest BCUT2D eigenvalue weighted by Crippen LogP contribution is 2.14. The fourth-order valence-electron chi connectivity index (χ4n) is 0.728. The SMILES string of the molecule is CC(NC(=O)C(F)(F)F)C(=O)O[Si](C)(C)C. The van der Waals surface area contributed by atoms with Gasteiger partial charge in [0.25, 0.3) is 0 Å². The Balaban J connectivity index is 4.33. The number of halogens is 3. The smallest absolute Gasteiger partial charge is 0.471 e. The van der Waals surface area contributed by atoms with Gasteiger partial charge < -0.3 is 9.74 Å². The molecule has 0 aromatic heterocycles. The van der Waals surface area contributed by atoms with Crippen LogP contribution in [-0.2, 0) is 14.0 Å². The van der Waals surface area contributed by atoms with Crippen LogP contribution in [0.5, 0.6) is 0 Å². The first-order valence-electron chi connectivity index (χ1n) is 4.54. The molecule has 94 valence electrons. The van der Waals surface area contributed by atoms with E-state index in [1.165, 1.54) is 5.32 Å². The van der Waals surface area contributed by atoms with Crippen LogP contribution in [0.15, 0.2) is 0 Å². The van der Waals surface area contributed by atoms with Crippen LogP contribution >= 0.6 is 0 Å². The van der Waals surface area contributed by atoms with Crippen molar-refractivity contribution >= 4 is 20.2 Å². The molecule has 0 spiro atoms. The Labute approximate surface area is 92.3 Å². The molecule has 0 aliphatic carbocycles. The molecule has 0 aromatic rings. The van der Waals surface area contributed by atoms with Crippen LogP contribution in [0.25, 0.3) is 0 Å². The number of hydrogen-bond donors (Lipinski definition) is 1. The van der Waals surface area contributed by atoms with E-state index in [9.17, 15) is 22.8 Å². The Hall–Kier alpha value is -1.05. The van der Waals surface area contributed by atoms with E-state index >= 15 is 0 Å². The molecule has 1 N–H and O–H groups in total. The second-order valence-electron chi connectivity index (χ2n) is 4.23. The average molecular weight is 257 g/mol. The van der Waals surface area contributed by atoms with Crippen molar-refractivity contribution in [2.45, 2.75) is 38.8 Å². The average Bonchev–Trinajstić information content (AvgIpc) is 1.98. The fourth-order valence-corrected chi connectivity index (χ4v) is 1.51. The van der Waals surface area contributed by atoms with E-state index in [0.717, 1.165) is 6.92 Å². The number of nitrogens with one attached hydrogen (secondary N) is 1. The Morgan fingerprint density at radius 2 is 1.69 bits per heavy atom. The molecular formula is C8H14F3NO3Si. The number of carbonyl (C=O) groups excluding carboxylic acids is 2.